The van der Waals surface area contributed by atoms with Gasteiger partial charge in [0.05, 0.1) is 18.1 Å². The van der Waals surface area contributed by atoms with Gasteiger partial charge in [0.1, 0.15) is 5.75 Å². The smallest absolute Gasteiger partial charge is 0.326 e. The zero-order chi connectivity index (χ0) is 19.7. The van der Waals surface area contributed by atoms with E-state index in [1.165, 1.54) is 0 Å². The number of fused-ring (bicyclic) bond motifs is 1. The molecule has 6 nitrogen and oxygen atoms in total. The monoisotopic (exact) mass is 443 g/mol. The number of H-pyrrole nitrogens is 1. The molecule has 3 aromatic rings. The van der Waals surface area contributed by atoms with Crippen LogP contribution in [0.1, 0.15) is 31.7 Å². The molecule has 0 saturated heterocycles. The van der Waals surface area contributed by atoms with Gasteiger partial charge < -0.3 is 15.0 Å². The maximum Gasteiger partial charge on any atom is 0.326 e. The van der Waals surface area contributed by atoms with Crippen molar-refractivity contribution < 1.29 is 9.53 Å². The van der Waals surface area contributed by atoms with E-state index in [-0.39, 0.29) is 23.6 Å². The first-order valence-corrected chi connectivity index (χ1v) is 10.2. The predicted molar refractivity (Wildman–Crippen MR) is 113 cm³/mol. The van der Waals surface area contributed by atoms with Gasteiger partial charge in [0.15, 0.2) is 0 Å². The van der Waals surface area contributed by atoms with Gasteiger partial charge in [-0.2, -0.15) is 0 Å². The number of rotatable bonds is 4. The van der Waals surface area contributed by atoms with E-state index in [9.17, 15) is 9.59 Å². The number of nitrogens with one attached hydrogen (secondary N) is 2. The number of nitrogens with zero attached hydrogens (tertiary/aromatic N) is 1. The van der Waals surface area contributed by atoms with Gasteiger partial charge in [0.25, 0.3) is 0 Å². The molecule has 1 amide bonds. The summed E-state index contributed by atoms with van der Waals surface area (Å²) in [5, 5.41) is 2.99. The van der Waals surface area contributed by atoms with Crippen LogP contribution >= 0.6 is 15.9 Å². The van der Waals surface area contributed by atoms with Crippen LogP contribution in [0.5, 0.6) is 5.75 Å². The van der Waals surface area contributed by atoms with E-state index in [4.69, 9.17) is 4.74 Å². The first-order valence-electron chi connectivity index (χ1n) is 9.40. The summed E-state index contributed by atoms with van der Waals surface area (Å²) in [5.74, 6) is 0.762. The number of hydrogen-bond acceptors (Lipinski definition) is 3. The van der Waals surface area contributed by atoms with Gasteiger partial charge >= 0.3 is 5.69 Å². The number of carbonyl (C=O) groups is 1. The number of aromatic nitrogens is 2. The predicted octanol–water partition coefficient (Wildman–Crippen LogP) is 4.47. The minimum Gasteiger partial charge on any atom is -0.497 e. The molecule has 2 N–H and O–H groups in total. The standard InChI is InChI=1S/C21H22BrN3O3/c1-28-16-11-7-14(8-12-16)23-20(26)13-5-9-15(10-6-13)25-18-4-2-3-17(22)19(18)24-21(25)27/h2-4,7-8,11-13,15H,5-6,9-10H2,1H3,(H,23,26)(H,24,27)/t13-,15+. The van der Waals surface area contributed by atoms with Crippen LogP contribution in [0.2, 0.25) is 0 Å². The Morgan fingerprint density at radius 1 is 1.14 bits per heavy atom. The molecule has 7 heteroatoms. The number of methoxy groups -OCH3 is 1. The molecule has 0 unspecified atom stereocenters. The number of carbonyl (C=O) groups excluding carboxylic acids is 1. The topological polar surface area (TPSA) is 76.1 Å². The Kier molecular flexibility index (Phi) is 5.26. The largest absolute Gasteiger partial charge is 0.497 e. The molecule has 0 radical (unpaired) electrons. The van der Waals surface area contributed by atoms with Crippen LogP contribution in [0.15, 0.2) is 51.7 Å². The van der Waals surface area contributed by atoms with Gasteiger partial charge in [-0.3, -0.25) is 9.36 Å². The van der Waals surface area contributed by atoms with Crippen LogP contribution in [-0.2, 0) is 4.79 Å². The third-order valence-electron chi connectivity index (χ3n) is 5.49. The Morgan fingerprint density at radius 2 is 1.86 bits per heavy atom. The molecular formula is C21H22BrN3O3. The Morgan fingerprint density at radius 3 is 2.54 bits per heavy atom. The van der Waals surface area contributed by atoms with Gasteiger partial charge in [-0.25, -0.2) is 4.79 Å². The van der Waals surface area contributed by atoms with Crippen molar-refractivity contribution in [3.05, 3.63) is 57.4 Å². The molecule has 28 heavy (non-hydrogen) atoms. The highest BCUT2D eigenvalue weighted by molar-refractivity contribution is 9.10. The van der Waals surface area contributed by atoms with E-state index in [1.807, 2.05) is 47.0 Å². The SMILES string of the molecule is COc1ccc(NC(=O)[C@H]2CC[C@@H](n3c(=O)[nH]c4c(Br)cccc43)CC2)cc1. The van der Waals surface area contributed by atoms with Crippen molar-refractivity contribution >= 4 is 38.6 Å². The third kappa shape index (κ3) is 3.58. The summed E-state index contributed by atoms with van der Waals surface area (Å²) in [5.41, 5.74) is 2.41. The fourth-order valence-corrected chi connectivity index (χ4v) is 4.45. The van der Waals surface area contributed by atoms with E-state index in [0.717, 1.165) is 52.6 Å². The molecule has 0 atom stereocenters. The highest BCUT2D eigenvalue weighted by atomic mass is 79.9. The summed E-state index contributed by atoms with van der Waals surface area (Å²) < 4.78 is 7.87. The molecule has 1 heterocycles. The molecule has 2 aromatic carbocycles. The van der Waals surface area contributed by atoms with Gasteiger partial charge in [-0.05, 0) is 78.0 Å². The fourth-order valence-electron chi connectivity index (χ4n) is 3.99. The summed E-state index contributed by atoms with van der Waals surface area (Å²) in [6, 6.07) is 13.3. The number of para-hydroxylation sites is 1. The molecular weight excluding hydrogens is 422 g/mol. The minimum absolute atomic E-state index is 0.0361. The molecule has 1 fully saturated rings. The molecule has 146 valence electrons. The van der Waals surface area contributed by atoms with Crippen LogP contribution < -0.4 is 15.7 Å². The number of hydrogen-bond donors (Lipinski definition) is 2. The maximum absolute atomic E-state index is 12.6. The Bertz CT molecular complexity index is 1050. The average molecular weight is 444 g/mol. The normalized spacial score (nSPS) is 19.5. The van der Waals surface area contributed by atoms with Crippen LogP contribution in [0.4, 0.5) is 5.69 Å². The maximum atomic E-state index is 12.6. The second kappa shape index (κ2) is 7.83. The highest BCUT2D eigenvalue weighted by Crippen LogP contribution is 2.34. The van der Waals surface area contributed by atoms with Gasteiger partial charge in [0.2, 0.25) is 5.91 Å². The summed E-state index contributed by atoms with van der Waals surface area (Å²) in [6.45, 7) is 0. The van der Waals surface area contributed by atoms with E-state index < -0.39 is 0 Å². The molecule has 4 rings (SSSR count). The second-order valence-corrected chi connectivity index (χ2v) is 8.01. The van der Waals surface area contributed by atoms with Crippen LogP contribution in [0.3, 0.4) is 0 Å². The number of imidazole rings is 1. The van der Waals surface area contributed by atoms with Crippen LogP contribution in [0.25, 0.3) is 11.0 Å². The van der Waals surface area contributed by atoms with Gasteiger partial charge in [0, 0.05) is 22.1 Å². The van der Waals surface area contributed by atoms with Crippen molar-refractivity contribution in [3.8, 4) is 5.75 Å². The zero-order valence-electron chi connectivity index (χ0n) is 15.6. The number of benzene rings is 2. The lowest BCUT2D eigenvalue weighted by atomic mass is 9.85. The number of ether oxygens (including phenoxy) is 1. The lowest BCUT2D eigenvalue weighted by Gasteiger charge is -2.28. The van der Waals surface area contributed by atoms with Crippen molar-refractivity contribution in [1.82, 2.24) is 9.55 Å². The third-order valence-corrected chi connectivity index (χ3v) is 6.15. The summed E-state index contributed by atoms with van der Waals surface area (Å²) in [6.07, 6.45) is 3.14. The minimum atomic E-state index is -0.0898. The molecule has 0 aliphatic heterocycles. The van der Waals surface area contributed by atoms with Crippen molar-refractivity contribution in [3.63, 3.8) is 0 Å². The quantitative estimate of drug-likeness (QED) is 0.624. The summed E-state index contributed by atoms with van der Waals surface area (Å²) in [4.78, 5) is 28.1. The number of amides is 1. The van der Waals surface area contributed by atoms with Crippen molar-refractivity contribution in [2.75, 3.05) is 12.4 Å². The average Bonchev–Trinajstić information content (AvgIpc) is 3.06. The molecule has 0 bridgehead atoms. The molecule has 1 aromatic heterocycles. The summed E-state index contributed by atoms with van der Waals surface area (Å²) in [7, 11) is 1.61. The molecule has 1 saturated carbocycles. The van der Waals surface area contributed by atoms with Crippen LogP contribution in [0, 0.1) is 5.92 Å². The fraction of sp³-hybridized carbons (Fsp3) is 0.333. The zero-order valence-corrected chi connectivity index (χ0v) is 17.2. The highest BCUT2D eigenvalue weighted by Gasteiger charge is 2.29. The van der Waals surface area contributed by atoms with Crippen molar-refractivity contribution in [1.29, 1.82) is 0 Å². The van der Waals surface area contributed by atoms with E-state index >= 15 is 0 Å². The Balaban J connectivity index is 1.43. The summed E-state index contributed by atoms with van der Waals surface area (Å²) >= 11 is 3.49. The second-order valence-electron chi connectivity index (χ2n) is 7.16. The Labute approximate surface area is 171 Å². The van der Waals surface area contributed by atoms with Crippen molar-refractivity contribution in [2.24, 2.45) is 5.92 Å². The lowest BCUT2D eigenvalue weighted by molar-refractivity contribution is -0.121. The number of halogens is 1. The molecule has 1 aliphatic carbocycles. The number of anilines is 1. The number of aromatic amines is 1. The first-order chi connectivity index (χ1) is 13.6. The molecule has 1 aliphatic rings. The van der Waals surface area contributed by atoms with Crippen molar-refractivity contribution in [2.45, 2.75) is 31.7 Å². The van der Waals surface area contributed by atoms with Gasteiger partial charge in [-0.15, -0.1) is 0 Å². The molecule has 0 spiro atoms. The lowest BCUT2D eigenvalue weighted by Crippen LogP contribution is -2.31. The Hall–Kier alpha value is -2.54. The first kappa shape index (κ1) is 18.8. The van der Waals surface area contributed by atoms with Crippen LogP contribution in [-0.4, -0.2) is 22.6 Å². The van der Waals surface area contributed by atoms with E-state index in [2.05, 4.69) is 26.2 Å². The van der Waals surface area contributed by atoms with Gasteiger partial charge in [-0.1, -0.05) is 6.07 Å². The van der Waals surface area contributed by atoms with E-state index in [1.54, 1.807) is 7.11 Å². The van der Waals surface area contributed by atoms with E-state index in [0.29, 0.717) is 0 Å².